The van der Waals surface area contributed by atoms with Crippen molar-refractivity contribution in [1.29, 1.82) is 0 Å². The molecule has 22 heavy (non-hydrogen) atoms. The van der Waals surface area contributed by atoms with Crippen LogP contribution >= 0.6 is 35.3 Å². The van der Waals surface area contributed by atoms with Gasteiger partial charge < -0.3 is 15.3 Å². The van der Waals surface area contributed by atoms with Crippen molar-refractivity contribution in [2.45, 2.75) is 51.2 Å². The maximum atomic E-state index is 10.6. The number of hydrogen-bond acceptors (Lipinski definition) is 3. The van der Waals surface area contributed by atoms with Gasteiger partial charge >= 0.3 is 0 Å². The summed E-state index contributed by atoms with van der Waals surface area (Å²) < 4.78 is 0. The Morgan fingerprint density at radius 3 is 2.73 bits per heavy atom. The number of nitrogens with one attached hydrogen (secondary N) is 1. The van der Waals surface area contributed by atoms with Crippen molar-refractivity contribution in [3.63, 3.8) is 0 Å². The van der Waals surface area contributed by atoms with Gasteiger partial charge in [-0.1, -0.05) is 19.3 Å². The number of guanidine groups is 1. The van der Waals surface area contributed by atoms with E-state index in [1.807, 2.05) is 7.05 Å². The largest absolute Gasteiger partial charge is 0.388 e. The second-order valence-corrected chi connectivity index (χ2v) is 6.72. The third-order valence-corrected chi connectivity index (χ3v) is 4.74. The minimum Gasteiger partial charge on any atom is -0.388 e. The second kappa shape index (κ2) is 9.72. The minimum atomic E-state index is -0.595. The molecule has 0 amide bonds. The SMILES string of the molecule is CCNC(=NCC1(O)CCCCC1)N(C)Cc1ccsc1.I. The molecule has 0 unspecified atom stereocenters. The second-order valence-electron chi connectivity index (χ2n) is 5.94. The topological polar surface area (TPSA) is 47.9 Å². The summed E-state index contributed by atoms with van der Waals surface area (Å²) in [6.07, 6.45) is 5.24. The molecule has 0 saturated heterocycles. The molecule has 0 atom stereocenters. The molecular weight excluding hydrogens is 409 g/mol. The lowest BCUT2D eigenvalue weighted by Crippen LogP contribution is -2.41. The summed E-state index contributed by atoms with van der Waals surface area (Å²) in [6.45, 7) is 4.26. The molecule has 2 N–H and O–H groups in total. The zero-order chi connectivity index (χ0) is 15.1. The minimum absolute atomic E-state index is 0. The van der Waals surface area contributed by atoms with E-state index in [1.165, 1.54) is 12.0 Å². The van der Waals surface area contributed by atoms with Crippen LogP contribution < -0.4 is 5.32 Å². The van der Waals surface area contributed by atoms with Crippen molar-refractivity contribution < 1.29 is 5.11 Å². The number of rotatable bonds is 5. The van der Waals surface area contributed by atoms with Gasteiger partial charge in [0.1, 0.15) is 0 Å². The fourth-order valence-corrected chi connectivity index (χ4v) is 3.45. The Balaban J connectivity index is 0.00000242. The van der Waals surface area contributed by atoms with Crippen LogP contribution in [0.25, 0.3) is 0 Å². The van der Waals surface area contributed by atoms with Crippen molar-refractivity contribution in [3.8, 4) is 0 Å². The molecule has 2 rings (SSSR count). The molecule has 1 aliphatic rings. The maximum Gasteiger partial charge on any atom is 0.194 e. The van der Waals surface area contributed by atoms with Crippen LogP contribution in [0.1, 0.15) is 44.6 Å². The van der Waals surface area contributed by atoms with E-state index in [9.17, 15) is 5.11 Å². The van der Waals surface area contributed by atoms with Crippen molar-refractivity contribution in [3.05, 3.63) is 22.4 Å². The average Bonchev–Trinajstić information content (AvgIpc) is 2.97. The van der Waals surface area contributed by atoms with Gasteiger partial charge in [0.25, 0.3) is 0 Å². The van der Waals surface area contributed by atoms with Gasteiger partial charge in [-0.25, -0.2) is 0 Å². The van der Waals surface area contributed by atoms with Crippen LogP contribution in [0.4, 0.5) is 0 Å². The molecule has 0 radical (unpaired) electrons. The lowest BCUT2D eigenvalue weighted by atomic mass is 9.85. The molecule has 1 saturated carbocycles. The first-order chi connectivity index (χ1) is 10.1. The van der Waals surface area contributed by atoms with Crippen molar-refractivity contribution >= 4 is 41.3 Å². The van der Waals surface area contributed by atoms with Crippen molar-refractivity contribution in [2.75, 3.05) is 20.1 Å². The highest BCUT2D eigenvalue weighted by Crippen LogP contribution is 2.28. The van der Waals surface area contributed by atoms with E-state index in [0.717, 1.165) is 44.7 Å². The molecule has 1 aliphatic carbocycles. The zero-order valence-electron chi connectivity index (χ0n) is 13.5. The fourth-order valence-electron chi connectivity index (χ4n) is 2.79. The first kappa shape index (κ1) is 19.7. The van der Waals surface area contributed by atoms with E-state index in [4.69, 9.17) is 0 Å². The Hall–Kier alpha value is -0.340. The van der Waals surface area contributed by atoms with Gasteiger partial charge in [0.15, 0.2) is 5.96 Å². The third kappa shape index (κ3) is 6.04. The summed E-state index contributed by atoms with van der Waals surface area (Å²) >= 11 is 1.72. The van der Waals surface area contributed by atoms with Crippen LogP contribution in [-0.4, -0.2) is 41.7 Å². The maximum absolute atomic E-state index is 10.6. The van der Waals surface area contributed by atoms with Gasteiger partial charge in [-0.15, -0.1) is 24.0 Å². The number of nitrogens with zero attached hydrogens (tertiary/aromatic N) is 2. The normalized spacial score (nSPS) is 17.7. The molecule has 0 aliphatic heterocycles. The standard InChI is InChI=1S/C16H27N3OS.HI/c1-3-17-15(19(2)11-14-7-10-21-12-14)18-13-16(20)8-5-4-6-9-16;/h7,10,12,20H,3-6,8-9,11,13H2,1-2H3,(H,17,18);1H. The van der Waals surface area contributed by atoms with Gasteiger partial charge in [0, 0.05) is 20.1 Å². The fraction of sp³-hybridized carbons (Fsp3) is 0.688. The highest BCUT2D eigenvalue weighted by atomic mass is 127. The summed E-state index contributed by atoms with van der Waals surface area (Å²) in [5.74, 6) is 0.877. The molecule has 0 aromatic carbocycles. The third-order valence-electron chi connectivity index (χ3n) is 4.00. The first-order valence-electron chi connectivity index (χ1n) is 7.86. The predicted octanol–water partition coefficient (Wildman–Crippen LogP) is 3.46. The van der Waals surface area contributed by atoms with Crippen LogP contribution in [0.5, 0.6) is 0 Å². The van der Waals surface area contributed by atoms with E-state index >= 15 is 0 Å². The van der Waals surface area contributed by atoms with E-state index in [1.54, 1.807) is 11.3 Å². The summed E-state index contributed by atoms with van der Waals surface area (Å²) in [6, 6.07) is 2.14. The lowest BCUT2D eigenvalue weighted by molar-refractivity contribution is 0.0130. The Labute approximate surface area is 155 Å². The Morgan fingerprint density at radius 2 is 2.14 bits per heavy atom. The molecule has 126 valence electrons. The number of thiophene rings is 1. The average molecular weight is 437 g/mol. The van der Waals surface area contributed by atoms with Gasteiger partial charge in [-0.05, 0) is 42.2 Å². The Kier molecular flexibility index (Phi) is 8.71. The Bertz CT molecular complexity index is 444. The van der Waals surface area contributed by atoms with Gasteiger partial charge in [-0.3, -0.25) is 4.99 Å². The van der Waals surface area contributed by atoms with E-state index in [-0.39, 0.29) is 24.0 Å². The summed E-state index contributed by atoms with van der Waals surface area (Å²) in [7, 11) is 2.05. The molecule has 1 aromatic heterocycles. The van der Waals surface area contributed by atoms with E-state index < -0.39 is 5.60 Å². The van der Waals surface area contributed by atoms with Gasteiger partial charge in [-0.2, -0.15) is 11.3 Å². The number of aliphatic imine (C=N–C) groups is 1. The monoisotopic (exact) mass is 437 g/mol. The zero-order valence-corrected chi connectivity index (χ0v) is 16.7. The molecule has 0 spiro atoms. The summed E-state index contributed by atoms with van der Waals surface area (Å²) in [5.41, 5.74) is 0.701. The molecule has 1 fully saturated rings. The lowest BCUT2D eigenvalue weighted by Gasteiger charge is -2.31. The van der Waals surface area contributed by atoms with Crippen LogP contribution in [0, 0.1) is 0 Å². The van der Waals surface area contributed by atoms with Gasteiger partial charge in [0.2, 0.25) is 0 Å². The molecule has 6 heteroatoms. The summed E-state index contributed by atoms with van der Waals surface area (Å²) in [4.78, 5) is 6.80. The van der Waals surface area contributed by atoms with Crippen molar-refractivity contribution in [1.82, 2.24) is 10.2 Å². The molecule has 0 bridgehead atoms. The Morgan fingerprint density at radius 1 is 1.41 bits per heavy atom. The molecule has 1 aromatic rings. The molecule has 4 nitrogen and oxygen atoms in total. The highest BCUT2D eigenvalue weighted by molar-refractivity contribution is 14.0. The van der Waals surface area contributed by atoms with Crippen LogP contribution in [-0.2, 0) is 6.54 Å². The predicted molar refractivity (Wildman–Crippen MR) is 105 cm³/mol. The van der Waals surface area contributed by atoms with E-state index in [0.29, 0.717) is 6.54 Å². The molecular formula is C16H28IN3OS. The van der Waals surface area contributed by atoms with Crippen LogP contribution in [0.15, 0.2) is 21.8 Å². The van der Waals surface area contributed by atoms with Crippen LogP contribution in [0.3, 0.4) is 0 Å². The quantitative estimate of drug-likeness (QED) is 0.422. The first-order valence-corrected chi connectivity index (χ1v) is 8.80. The van der Waals surface area contributed by atoms with Gasteiger partial charge in [0.05, 0.1) is 12.1 Å². The van der Waals surface area contributed by atoms with Crippen molar-refractivity contribution in [2.24, 2.45) is 4.99 Å². The van der Waals surface area contributed by atoms with Crippen LogP contribution in [0.2, 0.25) is 0 Å². The summed E-state index contributed by atoms with van der Waals surface area (Å²) in [5, 5.41) is 18.2. The number of aliphatic hydroxyl groups is 1. The number of halogens is 1. The number of hydrogen-bond donors (Lipinski definition) is 2. The highest BCUT2D eigenvalue weighted by Gasteiger charge is 2.29. The smallest absolute Gasteiger partial charge is 0.194 e. The van der Waals surface area contributed by atoms with E-state index in [2.05, 4.69) is 39.0 Å². The molecule has 1 heterocycles.